The molecule has 7 heteroatoms. The lowest BCUT2D eigenvalue weighted by atomic mass is 10.1. The first-order valence-corrected chi connectivity index (χ1v) is 7.98. The number of ketones is 1. The molecule has 0 unspecified atom stereocenters. The SMILES string of the molecule is CN1CCN(CC(=O)c2ccc(S(N)(=O)=O)cc2)CC1. The van der Waals surface area contributed by atoms with Crippen molar-refractivity contribution in [2.45, 2.75) is 4.90 Å². The molecule has 1 saturated heterocycles. The maximum atomic E-state index is 12.1. The molecule has 0 aliphatic carbocycles. The molecule has 1 aliphatic rings. The highest BCUT2D eigenvalue weighted by molar-refractivity contribution is 7.89. The minimum Gasteiger partial charge on any atom is -0.304 e. The molecule has 0 bridgehead atoms. The third kappa shape index (κ3) is 3.86. The Balaban J connectivity index is 1.99. The third-order valence-electron chi connectivity index (χ3n) is 3.47. The van der Waals surface area contributed by atoms with Crippen molar-refractivity contribution in [1.82, 2.24) is 9.80 Å². The van der Waals surface area contributed by atoms with Crippen LogP contribution in [0.4, 0.5) is 0 Å². The predicted octanol–water partition coefficient (Wildman–Crippen LogP) is -0.236. The third-order valence-corrected chi connectivity index (χ3v) is 4.40. The van der Waals surface area contributed by atoms with E-state index in [-0.39, 0.29) is 10.7 Å². The Hall–Kier alpha value is -1.28. The molecule has 0 amide bonds. The van der Waals surface area contributed by atoms with Crippen molar-refractivity contribution in [3.63, 3.8) is 0 Å². The number of hydrogen-bond acceptors (Lipinski definition) is 5. The number of rotatable bonds is 4. The van der Waals surface area contributed by atoms with Gasteiger partial charge in [-0.3, -0.25) is 9.69 Å². The summed E-state index contributed by atoms with van der Waals surface area (Å²) in [6.07, 6.45) is 0. The van der Waals surface area contributed by atoms with E-state index in [9.17, 15) is 13.2 Å². The zero-order chi connectivity index (χ0) is 14.8. The minimum absolute atomic E-state index is 0.00415. The summed E-state index contributed by atoms with van der Waals surface area (Å²) >= 11 is 0. The summed E-state index contributed by atoms with van der Waals surface area (Å²) in [7, 11) is -1.65. The molecule has 0 spiro atoms. The number of nitrogens with zero attached hydrogens (tertiary/aromatic N) is 2. The predicted molar refractivity (Wildman–Crippen MR) is 76.1 cm³/mol. The molecular formula is C13H19N3O3S. The summed E-state index contributed by atoms with van der Waals surface area (Å²) in [6.45, 7) is 4.02. The summed E-state index contributed by atoms with van der Waals surface area (Å²) in [6, 6.07) is 5.76. The number of carbonyl (C=O) groups excluding carboxylic acids is 1. The summed E-state index contributed by atoms with van der Waals surface area (Å²) in [5, 5.41) is 5.02. The first-order chi connectivity index (χ1) is 9.36. The lowest BCUT2D eigenvalue weighted by molar-refractivity contribution is 0.0876. The number of piperazine rings is 1. The fourth-order valence-corrected chi connectivity index (χ4v) is 2.65. The minimum atomic E-state index is -3.71. The van der Waals surface area contributed by atoms with Crippen molar-refractivity contribution < 1.29 is 13.2 Å². The zero-order valence-corrected chi connectivity index (χ0v) is 12.3. The van der Waals surface area contributed by atoms with Crippen LogP contribution in [0.3, 0.4) is 0 Å². The fraction of sp³-hybridized carbons (Fsp3) is 0.462. The standard InChI is InChI=1S/C13H19N3O3S/c1-15-6-8-16(9-7-15)10-13(17)11-2-4-12(5-3-11)20(14,18)19/h2-5H,6-10H2,1H3,(H2,14,18,19). The quantitative estimate of drug-likeness (QED) is 0.776. The van der Waals surface area contributed by atoms with E-state index in [0.717, 1.165) is 26.2 Å². The van der Waals surface area contributed by atoms with Gasteiger partial charge in [-0.2, -0.15) is 0 Å². The summed E-state index contributed by atoms with van der Waals surface area (Å²) in [5.74, 6) is -0.00415. The molecule has 0 radical (unpaired) electrons. The van der Waals surface area contributed by atoms with E-state index in [0.29, 0.717) is 12.1 Å². The maximum Gasteiger partial charge on any atom is 0.238 e. The summed E-state index contributed by atoms with van der Waals surface area (Å²) < 4.78 is 22.3. The van der Waals surface area contributed by atoms with Crippen LogP contribution in [0.15, 0.2) is 29.2 Å². The van der Waals surface area contributed by atoms with E-state index < -0.39 is 10.0 Å². The van der Waals surface area contributed by atoms with Gasteiger partial charge in [-0.1, -0.05) is 12.1 Å². The summed E-state index contributed by atoms with van der Waals surface area (Å²) in [5.41, 5.74) is 0.510. The number of likely N-dealkylation sites (N-methyl/N-ethyl adjacent to an activating group) is 1. The van der Waals surface area contributed by atoms with Crippen LogP contribution in [0.5, 0.6) is 0 Å². The number of carbonyl (C=O) groups is 1. The molecule has 110 valence electrons. The van der Waals surface area contributed by atoms with Gasteiger partial charge in [0.25, 0.3) is 0 Å². The largest absolute Gasteiger partial charge is 0.304 e. The van der Waals surface area contributed by atoms with Crippen LogP contribution in [0.1, 0.15) is 10.4 Å². The number of nitrogens with two attached hydrogens (primary N) is 1. The van der Waals surface area contributed by atoms with E-state index in [1.54, 1.807) is 0 Å². The van der Waals surface area contributed by atoms with Gasteiger partial charge in [0.05, 0.1) is 11.4 Å². The molecule has 2 rings (SSSR count). The van der Waals surface area contributed by atoms with Gasteiger partial charge in [0.1, 0.15) is 0 Å². The van der Waals surface area contributed by atoms with Crippen LogP contribution in [0.2, 0.25) is 0 Å². The molecule has 0 saturated carbocycles. The van der Waals surface area contributed by atoms with E-state index in [1.807, 2.05) is 0 Å². The normalized spacial score (nSPS) is 18.1. The van der Waals surface area contributed by atoms with Crippen molar-refractivity contribution >= 4 is 15.8 Å². The highest BCUT2D eigenvalue weighted by Gasteiger charge is 2.17. The van der Waals surface area contributed by atoms with Gasteiger partial charge in [0.15, 0.2) is 5.78 Å². The number of sulfonamides is 1. The maximum absolute atomic E-state index is 12.1. The molecule has 20 heavy (non-hydrogen) atoms. The van der Waals surface area contributed by atoms with E-state index in [4.69, 9.17) is 5.14 Å². The topological polar surface area (TPSA) is 83.7 Å². The second kappa shape index (κ2) is 6.01. The average molecular weight is 297 g/mol. The first-order valence-electron chi connectivity index (χ1n) is 6.43. The highest BCUT2D eigenvalue weighted by Crippen LogP contribution is 2.10. The van der Waals surface area contributed by atoms with Crippen LogP contribution >= 0.6 is 0 Å². The Bertz CT molecular complexity index is 575. The molecule has 0 atom stereocenters. The number of hydrogen-bond donors (Lipinski definition) is 1. The lowest BCUT2D eigenvalue weighted by Crippen LogP contribution is -2.46. The van der Waals surface area contributed by atoms with Gasteiger partial charge in [0, 0.05) is 31.7 Å². The molecule has 0 aromatic heterocycles. The van der Waals surface area contributed by atoms with Gasteiger partial charge in [-0.05, 0) is 19.2 Å². The van der Waals surface area contributed by atoms with Gasteiger partial charge in [-0.15, -0.1) is 0 Å². The van der Waals surface area contributed by atoms with Crippen molar-refractivity contribution in [2.24, 2.45) is 5.14 Å². The van der Waals surface area contributed by atoms with E-state index in [1.165, 1.54) is 24.3 Å². The molecule has 2 N–H and O–H groups in total. The van der Waals surface area contributed by atoms with Crippen molar-refractivity contribution in [3.8, 4) is 0 Å². The summed E-state index contributed by atoms with van der Waals surface area (Å²) in [4.78, 5) is 16.5. The first kappa shape index (κ1) is 15.1. The number of benzene rings is 1. The molecule has 1 aromatic carbocycles. The van der Waals surface area contributed by atoms with Crippen LogP contribution in [-0.4, -0.2) is 63.8 Å². The second-order valence-corrected chi connectivity index (χ2v) is 6.63. The van der Waals surface area contributed by atoms with Crippen LogP contribution < -0.4 is 5.14 Å². The molecule has 1 fully saturated rings. The van der Waals surface area contributed by atoms with Crippen molar-refractivity contribution in [2.75, 3.05) is 39.8 Å². The van der Waals surface area contributed by atoms with Crippen LogP contribution in [0, 0.1) is 0 Å². The molecule has 1 aliphatic heterocycles. The average Bonchev–Trinajstić information content (AvgIpc) is 2.40. The second-order valence-electron chi connectivity index (χ2n) is 5.07. The molecule has 6 nitrogen and oxygen atoms in total. The van der Waals surface area contributed by atoms with E-state index in [2.05, 4.69) is 16.8 Å². The Morgan fingerprint density at radius 2 is 1.70 bits per heavy atom. The van der Waals surface area contributed by atoms with E-state index >= 15 is 0 Å². The van der Waals surface area contributed by atoms with Gasteiger partial charge in [-0.25, -0.2) is 13.6 Å². The lowest BCUT2D eigenvalue weighted by Gasteiger charge is -2.31. The Kier molecular flexibility index (Phi) is 4.54. The molecule has 1 aromatic rings. The van der Waals surface area contributed by atoms with Gasteiger partial charge in [0.2, 0.25) is 10.0 Å². The fourth-order valence-electron chi connectivity index (χ4n) is 2.13. The van der Waals surface area contributed by atoms with Crippen LogP contribution in [-0.2, 0) is 10.0 Å². The highest BCUT2D eigenvalue weighted by atomic mass is 32.2. The Morgan fingerprint density at radius 3 is 2.20 bits per heavy atom. The van der Waals surface area contributed by atoms with Crippen molar-refractivity contribution in [3.05, 3.63) is 29.8 Å². The zero-order valence-electron chi connectivity index (χ0n) is 11.4. The number of Topliss-reactive ketones (excluding diaryl/α,β-unsaturated/α-hetero) is 1. The monoisotopic (exact) mass is 297 g/mol. The molecule has 1 heterocycles. The Labute approximate surface area is 119 Å². The van der Waals surface area contributed by atoms with Crippen LogP contribution in [0.25, 0.3) is 0 Å². The smallest absolute Gasteiger partial charge is 0.238 e. The van der Waals surface area contributed by atoms with Crippen molar-refractivity contribution in [1.29, 1.82) is 0 Å². The Morgan fingerprint density at radius 1 is 1.15 bits per heavy atom. The van der Waals surface area contributed by atoms with Gasteiger partial charge < -0.3 is 4.90 Å². The van der Waals surface area contributed by atoms with Gasteiger partial charge >= 0.3 is 0 Å². The number of primary sulfonamides is 1. The molecular weight excluding hydrogens is 278 g/mol.